The maximum absolute atomic E-state index is 12.3. The second kappa shape index (κ2) is 4.27. The Morgan fingerprint density at radius 1 is 1.06 bits per heavy atom. The fourth-order valence-electron chi connectivity index (χ4n) is 2.16. The number of fused-ring (bicyclic) bond motifs is 2. The Kier molecular flexibility index (Phi) is 2.61. The van der Waals surface area contributed by atoms with Gasteiger partial charge in [-0.3, -0.25) is 4.79 Å². The summed E-state index contributed by atoms with van der Waals surface area (Å²) in [5.41, 5.74) is 2.41. The van der Waals surface area contributed by atoms with Crippen molar-refractivity contribution in [1.29, 1.82) is 0 Å². The molecule has 0 saturated heterocycles. The highest BCUT2D eigenvalue weighted by atomic mass is 16.3. The average Bonchev–Trinajstić information content (AvgIpc) is 2.39. The van der Waals surface area contributed by atoms with Crippen LogP contribution in [0.3, 0.4) is 0 Å². The van der Waals surface area contributed by atoms with Gasteiger partial charge in [-0.05, 0) is 36.9 Å². The second-order valence-corrected chi connectivity index (χ2v) is 4.29. The molecule has 0 aliphatic carbocycles. The predicted molar refractivity (Wildman–Crippen MR) is 72.8 cm³/mol. The number of nitrogens with one attached hydrogen (secondary N) is 1. The molecule has 0 unspecified atom stereocenters. The molecule has 3 aromatic rings. The SMILES string of the molecule is CNCc1ccc2c(=O)c3ccccc3oc2c1. The van der Waals surface area contributed by atoms with E-state index in [0.29, 0.717) is 21.9 Å². The third-order valence-corrected chi connectivity index (χ3v) is 3.02. The highest BCUT2D eigenvalue weighted by Gasteiger charge is 2.07. The second-order valence-electron chi connectivity index (χ2n) is 4.29. The predicted octanol–water partition coefficient (Wildman–Crippen LogP) is 2.67. The normalized spacial score (nSPS) is 11.2. The van der Waals surface area contributed by atoms with Crippen molar-refractivity contribution >= 4 is 21.9 Å². The van der Waals surface area contributed by atoms with Gasteiger partial charge in [0.05, 0.1) is 10.8 Å². The topological polar surface area (TPSA) is 42.2 Å². The van der Waals surface area contributed by atoms with Crippen molar-refractivity contribution in [2.45, 2.75) is 6.54 Å². The average molecular weight is 239 g/mol. The molecule has 0 aliphatic rings. The number of hydrogen-bond acceptors (Lipinski definition) is 3. The first kappa shape index (κ1) is 11.0. The van der Waals surface area contributed by atoms with Crippen molar-refractivity contribution in [2.24, 2.45) is 0 Å². The van der Waals surface area contributed by atoms with Crippen LogP contribution in [0.15, 0.2) is 51.7 Å². The number of rotatable bonds is 2. The maximum Gasteiger partial charge on any atom is 0.200 e. The number of benzene rings is 2. The van der Waals surface area contributed by atoms with E-state index in [1.54, 1.807) is 6.07 Å². The van der Waals surface area contributed by atoms with Gasteiger partial charge in [0.15, 0.2) is 0 Å². The van der Waals surface area contributed by atoms with Gasteiger partial charge in [-0.25, -0.2) is 0 Å². The first-order chi connectivity index (χ1) is 8.79. The summed E-state index contributed by atoms with van der Waals surface area (Å²) < 4.78 is 5.79. The van der Waals surface area contributed by atoms with Gasteiger partial charge in [0.1, 0.15) is 11.2 Å². The molecule has 90 valence electrons. The van der Waals surface area contributed by atoms with Crippen molar-refractivity contribution in [1.82, 2.24) is 5.32 Å². The molecule has 0 aliphatic heterocycles. The summed E-state index contributed by atoms with van der Waals surface area (Å²) in [6.45, 7) is 0.756. The highest BCUT2D eigenvalue weighted by molar-refractivity contribution is 5.89. The van der Waals surface area contributed by atoms with E-state index in [4.69, 9.17) is 4.42 Å². The van der Waals surface area contributed by atoms with Crippen molar-refractivity contribution in [3.05, 3.63) is 58.3 Å². The monoisotopic (exact) mass is 239 g/mol. The minimum Gasteiger partial charge on any atom is -0.456 e. The Morgan fingerprint density at radius 2 is 1.83 bits per heavy atom. The van der Waals surface area contributed by atoms with Gasteiger partial charge in [0.2, 0.25) is 5.43 Å². The van der Waals surface area contributed by atoms with E-state index in [9.17, 15) is 4.79 Å². The lowest BCUT2D eigenvalue weighted by atomic mass is 10.1. The zero-order valence-corrected chi connectivity index (χ0v) is 10.1. The summed E-state index contributed by atoms with van der Waals surface area (Å²) in [6.07, 6.45) is 0. The lowest BCUT2D eigenvalue weighted by molar-refractivity contribution is 0.658. The molecule has 0 bridgehead atoms. The molecule has 1 N–H and O–H groups in total. The first-order valence-electron chi connectivity index (χ1n) is 5.88. The van der Waals surface area contributed by atoms with Crippen LogP contribution in [0.1, 0.15) is 5.56 Å². The lowest BCUT2D eigenvalue weighted by Crippen LogP contribution is -2.06. The Labute approximate surface area is 104 Å². The van der Waals surface area contributed by atoms with Crippen LogP contribution in [0, 0.1) is 0 Å². The van der Waals surface area contributed by atoms with E-state index < -0.39 is 0 Å². The molecule has 0 saturated carbocycles. The number of hydrogen-bond donors (Lipinski definition) is 1. The molecule has 1 heterocycles. The van der Waals surface area contributed by atoms with Gasteiger partial charge < -0.3 is 9.73 Å². The van der Waals surface area contributed by atoms with Gasteiger partial charge in [-0.1, -0.05) is 18.2 Å². The van der Waals surface area contributed by atoms with Crippen molar-refractivity contribution in [2.75, 3.05) is 7.05 Å². The smallest absolute Gasteiger partial charge is 0.200 e. The van der Waals surface area contributed by atoms with Crippen molar-refractivity contribution in [3.8, 4) is 0 Å². The Morgan fingerprint density at radius 3 is 2.67 bits per heavy atom. The molecule has 3 rings (SSSR count). The molecule has 0 fully saturated rings. The molecule has 0 radical (unpaired) electrons. The zero-order chi connectivity index (χ0) is 12.5. The Balaban J connectivity index is 2.37. The fraction of sp³-hybridized carbons (Fsp3) is 0.133. The van der Waals surface area contributed by atoms with Gasteiger partial charge in [-0.2, -0.15) is 0 Å². The van der Waals surface area contributed by atoms with E-state index in [-0.39, 0.29) is 5.43 Å². The van der Waals surface area contributed by atoms with Crippen LogP contribution in [0.2, 0.25) is 0 Å². The van der Waals surface area contributed by atoms with E-state index in [1.165, 1.54) is 0 Å². The minimum atomic E-state index is 0.0304. The lowest BCUT2D eigenvalue weighted by Gasteiger charge is -2.04. The van der Waals surface area contributed by atoms with Crippen molar-refractivity contribution in [3.63, 3.8) is 0 Å². The molecule has 18 heavy (non-hydrogen) atoms. The molecule has 0 amide bonds. The van der Waals surface area contributed by atoms with Crippen LogP contribution < -0.4 is 10.7 Å². The summed E-state index contributed by atoms with van der Waals surface area (Å²) in [4.78, 5) is 12.3. The van der Waals surface area contributed by atoms with Crippen LogP contribution in [-0.2, 0) is 6.54 Å². The number of para-hydroxylation sites is 1. The summed E-state index contributed by atoms with van der Waals surface area (Å²) in [6, 6.07) is 13.0. The van der Waals surface area contributed by atoms with E-state index in [0.717, 1.165) is 12.1 Å². The molecule has 3 heteroatoms. The molecule has 0 atom stereocenters. The summed E-state index contributed by atoms with van der Waals surface area (Å²) in [5, 5.41) is 4.34. The highest BCUT2D eigenvalue weighted by Crippen LogP contribution is 2.19. The van der Waals surface area contributed by atoms with Gasteiger partial charge in [0.25, 0.3) is 0 Å². The standard InChI is InChI=1S/C15H13NO2/c1-16-9-10-6-7-12-14(8-10)18-13-5-3-2-4-11(13)15(12)17/h2-8,16H,9H2,1H3. The van der Waals surface area contributed by atoms with Gasteiger partial charge in [-0.15, -0.1) is 0 Å². The van der Waals surface area contributed by atoms with E-state index >= 15 is 0 Å². The third kappa shape index (κ3) is 1.69. The summed E-state index contributed by atoms with van der Waals surface area (Å²) in [5.74, 6) is 0. The van der Waals surface area contributed by atoms with Gasteiger partial charge in [0, 0.05) is 6.54 Å². The Bertz CT molecular complexity index is 774. The third-order valence-electron chi connectivity index (χ3n) is 3.02. The van der Waals surface area contributed by atoms with Crippen LogP contribution >= 0.6 is 0 Å². The molecular formula is C15H13NO2. The van der Waals surface area contributed by atoms with Crippen LogP contribution in [0.4, 0.5) is 0 Å². The first-order valence-corrected chi connectivity index (χ1v) is 5.88. The largest absolute Gasteiger partial charge is 0.456 e. The minimum absolute atomic E-state index is 0.0304. The quantitative estimate of drug-likeness (QED) is 0.699. The fourth-order valence-corrected chi connectivity index (χ4v) is 2.16. The molecule has 1 aromatic heterocycles. The van der Waals surface area contributed by atoms with E-state index in [2.05, 4.69) is 5.32 Å². The Hall–Kier alpha value is -2.13. The molecule has 0 spiro atoms. The molecule has 2 aromatic carbocycles. The zero-order valence-electron chi connectivity index (χ0n) is 10.1. The van der Waals surface area contributed by atoms with E-state index in [1.807, 2.05) is 43.4 Å². The van der Waals surface area contributed by atoms with Crippen LogP contribution in [-0.4, -0.2) is 7.05 Å². The molecule has 3 nitrogen and oxygen atoms in total. The van der Waals surface area contributed by atoms with Crippen molar-refractivity contribution < 1.29 is 4.42 Å². The maximum atomic E-state index is 12.3. The summed E-state index contributed by atoms with van der Waals surface area (Å²) >= 11 is 0. The van der Waals surface area contributed by atoms with Gasteiger partial charge >= 0.3 is 0 Å². The van der Waals surface area contributed by atoms with Crippen LogP contribution in [0.5, 0.6) is 0 Å². The molecular weight excluding hydrogens is 226 g/mol. The van der Waals surface area contributed by atoms with Crippen LogP contribution in [0.25, 0.3) is 21.9 Å². The summed E-state index contributed by atoms with van der Waals surface area (Å²) in [7, 11) is 1.89.